The Balaban J connectivity index is 2.08. The summed E-state index contributed by atoms with van der Waals surface area (Å²) in [5.74, 6) is -0.353. The van der Waals surface area contributed by atoms with Crippen molar-refractivity contribution in [2.45, 2.75) is 27.2 Å². The molecule has 0 saturated heterocycles. The monoisotopic (exact) mass is 388 g/mol. The van der Waals surface area contributed by atoms with Crippen LogP contribution in [0.1, 0.15) is 32.9 Å². The molecule has 27 heavy (non-hydrogen) atoms. The van der Waals surface area contributed by atoms with Crippen LogP contribution in [0.25, 0.3) is 0 Å². The molecule has 0 atom stereocenters. The minimum absolute atomic E-state index is 0.0118. The molecule has 1 heterocycles. The summed E-state index contributed by atoms with van der Waals surface area (Å²) in [5, 5.41) is 3.39. The molecule has 0 aliphatic rings. The third-order valence-corrected chi connectivity index (χ3v) is 5.18. The number of anilines is 1. The van der Waals surface area contributed by atoms with E-state index >= 15 is 0 Å². The average molecular weight is 389 g/mol. The normalized spacial score (nSPS) is 10.9. The lowest BCUT2D eigenvalue weighted by molar-refractivity contribution is -0.116. The van der Waals surface area contributed by atoms with Crippen LogP contribution in [-0.2, 0) is 4.79 Å². The molecule has 0 bridgehead atoms. The molecule has 1 aromatic carbocycles. The Morgan fingerprint density at radius 3 is 2.48 bits per heavy atom. The molecule has 0 fully saturated rings. The van der Waals surface area contributed by atoms with Crippen molar-refractivity contribution in [1.29, 1.82) is 0 Å². The maximum atomic E-state index is 12.9. The van der Waals surface area contributed by atoms with Gasteiger partial charge in [0.2, 0.25) is 5.91 Å². The molecule has 2 amide bonds. The molecule has 0 aliphatic heterocycles. The van der Waals surface area contributed by atoms with E-state index in [9.17, 15) is 9.59 Å². The Kier molecular flexibility index (Phi) is 7.50. The molecule has 0 saturated carbocycles. The molecule has 6 nitrogen and oxygen atoms in total. The Labute approximate surface area is 165 Å². The van der Waals surface area contributed by atoms with Gasteiger partial charge in [0.25, 0.3) is 5.91 Å². The lowest BCUT2D eigenvalue weighted by atomic mass is 10.1. The molecular weight excluding hydrogens is 360 g/mol. The fourth-order valence-corrected chi connectivity index (χ4v) is 3.48. The van der Waals surface area contributed by atoms with E-state index in [4.69, 9.17) is 0 Å². The van der Waals surface area contributed by atoms with Gasteiger partial charge in [0.1, 0.15) is 6.54 Å². The van der Waals surface area contributed by atoms with E-state index in [-0.39, 0.29) is 18.4 Å². The van der Waals surface area contributed by atoms with E-state index in [1.165, 1.54) is 11.3 Å². The quantitative estimate of drug-likeness (QED) is 0.755. The molecular formula is C20H28N4O2S. The van der Waals surface area contributed by atoms with Gasteiger partial charge in [0, 0.05) is 17.0 Å². The molecule has 1 aromatic heterocycles. The Morgan fingerprint density at radius 1 is 1.15 bits per heavy atom. The van der Waals surface area contributed by atoms with Crippen molar-refractivity contribution in [2.24, 2.45) is 0 Å². The summed E-state index contributed by atoms with van der Waals surface area (Å²) < 4.78 is 0. The van der Waals surface area contributed by atoms with E-state index in [2.05, 4.69) is 15.2 Å². The number of carbonyl (C=O) groups is 2. The highest BCUT2D eigenvalue weighted by atomic mass is 32.1. The zero-order valence-corrected chi connectivity index (χ0v) is 17.5. The number of nitrogens with one attached hydrogen (secondary N) is 1. The fourth-order valence-electron chi connectivity index (χ4n) is 2.65. The number of aryl methyl sites for hydroxylation is 3. The van der Waals surface area contributed by atoms with Gasteiger partial charge in [-0.3, -0.25) is 9.59 Å². The van der Waals surface area contributed by atoms with Crippen molar-refractivity contribution in [3.05, 3.63) is 46.0 Å². The maximum Gasteiger partial charge on any atom is 0.254 e. The number of aromatic nitrogens is 1. The number of carbonyl (C=O) groups excluding carboxylic acids is 2. The smallest absolute Gasteiger partial charge is 0.254 e. The van der Waals surface area contributed by atoms with Crippen LogP contribution in [0, 0.1) is 20.8 Å². The van der Waals surface area contributed by atoms with E-state index < -0.39 is 0 Å². The summed E-state index contributed by atoms with van der Waals surface area (Å²) in [6, 6.07) is 7.46. The number of amides is 2. The van der Waals surface area contributed by atoms with Crippen molar-refractivity contribution < 1.29 is 9.59 Å². The lowest BCUT2D eigenvalue weighted by Gasteiger charge is -2.23. The zero-order valence-electron chi connectivity index (χ0n) is 16.7. The first-order chi connectivity index (χ1) is 12.8. The molecule has 146 valence electrons. The Hall–Kier alpha value is -2.25. The predicted molar refractivity (Wildman–Crippen MR) is 110 cm³/mol. The summed E-state index contributed by atoms with van der Waals surface area (Å²) in [5.41, 5.74) is 2.54. The van der Waals surface area contributed by atoms with E-state index in [0.29, 0.717) is 17.2 Å². The van der Waals surface area contributed by atoms with Gasteiger partial charge in [0.15, 0.2) is 5.13 Å². The lowest BCUT2D eigenvalue weighted by Crippen LogP contribution is -2.39. The van der Waals surface area contributed by atoms with Crippen LogP contribution in [0.2, 0.25) is 0 Å². The highest BCUT2D eigenvalue weighted by Crippen LogP contribution is 2.21. The SMILES string of the molecule is Cc1cccc(C(=O)N(CCCN(C)C)CC(=O)Nc2nc(C)c(C)s2)c1. The van der Waals surface area contributed by atoms with Gasteiger partial charge in [0.05, 0.1) is 5.69 Å². The third kappa shape index (κ3) is 6.45. The predicted octanol–water partition coefficient (Wildman–Crippen LogP) is 3.10. The van der Waals surface area contributed by atoms with Gasteiger partial charge in [-0.05, 0) is 60.0 Å². The first kappa shape index (κ1) is 21.1. The summed E-state index contributed by atoms with van der Waals surface area (Å²) in [4.78, 5) is 34.5. The molecule has 7 heteroatoms. The van der Waals surface area contributed by atoms with Gasteiger partial charge in [-0.15, -0.1) is 11.3 Å². The largest absolute Gasteiger partial charge is 0.329 e. The Morgan fingerprint density at radius 2 is 1.89 bits per heavy atom. The fraction of sp³-hybridized carbons (Fsp3) is 0.450. The van der Waals surface area contributed by atoms with Crippen LogP contribution in [0.4, 0.5) is 5.13 Å². The maximum absolute atomic E-state index is 12.9. The molecule has 1 N–H and O–H groups in total. The summed E-state index contributed by atoms with van der Waals surface area (Å²) in [7, 11) is 3.99. The number of thiazole rings is 1. The third-order valence-electron chi connectivity index (χ3n) is 4.19. The average Bonchev–Trinajstić information content (AvgIpc) is 2.90. The molecule has 0 unspecified atom stereocenters. The summed E-state index contributed by atoms with van der Waals surface area (Å²) in [6.45, 7) is 7.22. The number of hydrogen-bond donors (Lipinski definition) is 1. The van der Waals surface area contributed by atoms with Crippen molar-refractivity contribution in [3.8, 4) is 0 Å². The molecule has 0 aliphatic carbocycles. The van der Waals surface area contributed by atoms with E-state index in [1.807, 2.05) is 53.1 Å². The number of benzene rings is 1. The molecule has 0 radical (unpaired) electrons. The van der Waals surface area contributed by atoms with E-state index in [1.54, 1.807) is 11.0 Å². The molecule has 2 aromatic rings. The van der Waals surface area contributed by atoms with Crippen molar-refractivity contribution in [1.82, 2.24) is 14.8 Å². The second-order valence-electron chi connectivity index (χ2n) is 6.96. The van der Waals surface area contributed by atoms with Gasteiger partial charge >= 0.3 is 0 Å². The first-order valence-corrected chi connectivity index (χ1v) is 9.82. The van der Waals surface area contributed by atoms with Crippen LogP contribution in [-0.4, -0.2) is 60.3 Å². The van der Waals surface area contributed by atoms with Crippen molar-refractivity contribution in [3.63, 3.8) is 0 Å². The zero-order chi connectivity index (χ0) is 20.0. The number of nitrogens with zero attached hydrogens (tertiary/aromatic N) is 3. The second kappa shape index (κ2) is 9.62. The second-order valence-corrected chi connectivity index (χ2v) is 8.17. The highest BCUT2D eigenvalue weighted by Gasteiger charge is 2.19. The summed E-state index contributed by atoms with van der Waals surface area (Å²) >= 11 is 1.45. The van der Waals surface area contributed by atoms with Gasteiger partial charge in [-0.1, -0.05) is 17.7 Å². The van der Waals surface area contributed by atoms with Crippen LogP contribution < -0.4 is 5.32 Å². The minimum Gasteiger partial charge on any atom is -0.329 e. The standard InChI is InChI=1S/C20H28N4O2S/c1-14-8-6-9-17(12-14)19(26)24(11-7-10-23(4)5)13-18(25)22-20-21-15(2)16(3)27-20/h6,8-9,12H,7,10-11,13H2,1-5H3,(H,21,22,25). The minimum atomic E-state index is -0.227. The van der Waals surface area contributed by atoms with Crippen molar-refractivity contribution in [2.75, 3.05) is 39.0 Å². The van der Waals surface area contributed by atoms with Gasteiger partial charge in [-0.2, -0.15) is 0 Å². The summed E-state index contributed by atoms with van der Waals surface area (Å²) in [6.07, 6.45) is 0.799. The first-order valence-electron chi connectivity index (χ1n) is 9.01. The van der Waals surface area contributed by atoms with Crippen LogP contribution in [0.5, 0.6) is 0 Å². The van der Waals surface area contributed by atoms with E-state index in [0.717, 1.165) is 29.1 Å². The van der Waals surface area contributed by atoms with Gasteiger partial charge in [-0.25, -0.2) is 4.98 Å². The topological polar surface area (TPSA) is 65.5 Å². The van der Waals surface area contributed by atoms with Crippen LogP contribution in [0.15, 0.2) is 24.3 Å². The number of rotatable bonds is 8. The molecule has 0 spiro atoms. The highest BCUT2D eigenvalue weighted by molar-refractivity contribution is 7.15. The van der Waals surface area contributed by atoms with Crippen LogP contribution in [0.3, 0.4) is 0 Å². The van der Waals surface area contributed by atoms with Crippen LogP contribution >= 0.6 is 11.3 Å². The van der Waals surface area contributed by atoms with Gasteiger partial charge < -0.3 is 15.1 Å². The Bertz CT molecular complexity index is 782. The van der Waals surface area contributed by atoms with Crippen molar-refractivity contribution >= 4 is 28.3 Å². The molecule has 2 rings (SSSR count). The number of hydrogen-bond acceptors (Lipinski definition) is 5.